The smallest absolute Gasteiger partial charge is 0.258 e. The molecule has 0 aliphatic rings. The molecule has 3 heterocycles. The Morgan fingerprint density at radius 3 is 2.75 bits per heavy atom. The largest absolute Gasteiger partial charge is 0.305 e. The van der Waals surface area contributed by atoms with Gasteiger partial charge in [0.1, 0.15) is 12.4 Å². The first-order chi connectivity index (χ1) is 9.72. The van der Waals surface area contributed by atoms with Gasteiger partial charge in [-0.05, 0) is 23.2 Å². The van der Waals surface area contributed by atoms with Crippen molar-refractivity contribution in [3.05, 3.63) is 40.0 Å². The number of hydrogen-bond donors (Lipinski definition) is 1. The van der Waals surface area contributed by atoms with Crippen LogP contribution in [0, 0.1) is 10.1 Å². The zero-order valence-corrected chi connectivity index (χ0v) is 11.4. The summed E-state index contributed by atoms with van der Waals surface area (Å²) >= 11 is 2.68. The molecule has 0 saturated carbocycles. The number of rotatable bonds is 4. The van der Waals surface area contributed by atoms with Crippen LogP contribution >= 0.6 is 23.1 Å². The van der Waals surface area contributed by atoms with Crippen LogP contribution in [-0.4, -0.2) is 30.1 Å². The van der Waals surface area contributed by atoms with Crippen LogP contribution in [0.2, 0.25) is 0 Å². The number of nitrogens with one attached hydrogen (secondary N) is 1. The number of hydrogen-bond acceptors (Lipinski definition) is 8. The second-order valence-electron chi connectivity index (χ2n) is 3.53. The number of aromatic amines is 1. The van der Waals surface area contributed by atoms with Gasteiger partial charge in [0.15, 0.2) is 11.0 Å². The Kier molecular flexibility index (Phi) is 3.39. The first kappa shape index (κ1) is 12.7. The Morgan fingerprint density at radius 2 is 2.10 bits per heavy atom. The summed E-state index contributed by atoms with van der Waals surface area (Å²) in [5, 5.41) is 20.1. The van der Waals surface area contributed by atoms with Gasteiger partial charge in [-0.1, -0.05) is 6.07 Å². The van der Waals surface area contributed by atoms with Gasteiger partial charge in [-0.2, -0.15) is 0 Å². The maximum Gasteiger partial charge on any atom is 0.305 e. The average Bonchev–Trinajstić information content (AvgIpc) is 3.09. The average molecular weight is 306 g/mol. The molecule has 10 heteroatoms. The van der Waals surface area contributed by atoms with Gasteiger partial charge in [-0.15, -0.1) is 16.4 Å². The van der Waals surface area contributed by atoms with Crippen LogP contribution in [0.5, 0.6) is 0 Å². The number of nitro groups is 1. The van der Waals surface area contributed by atoms with E-state index in [9.17, 15) is 10.1 Å². The van der Waals surface area contributed by atoms with Gasteiger partial charge in [-0.3, -0.25) is 15.2 Å². The summed E-state index contributed by atoms with van der Waals surface area (Å²) in [5.74, 6) is 0.671. The molecule has 3 aromatic rings. The second kappa shape index (κ2) is 5.35. The maximum absolute atomic E-state index is 10.5. The van der Waals surface area contributed by atoms with Crippen LogP contribution in [-0.2, 0) is 0 Å². The van der Waals surface area contributed by atoms with Crippen LogP contribution < -0.4 is 0 Å². The van der Waals surface area contributed by atoms with Crippen molar-refractivity contribution in [2.45, 2.75) is 10.3 Å². The van der Waals surface area contributed by atoms with E-state index in [2.05, 4.69) is 25.1 Å². The van der Waals surface area contributed by atoms with E-state index in [0.717, 1.165) is 29.0 Å². The molecule has 0 bridgehead atoms. The highest BCUT2D eigenvalue weighted by Crippen LogP contribution is 2.26. The second-order valence-corrected chi connectivity index (χ2v) is 5.41. The molecule has 3 aromatic heterocycles. The molecule has 0 atom stereocenters. The van der Waals surface area contributed by atoms with Crippen LogP contribution in [0.25, 0.3) is 10.7 Å². The van der Waals surface area contributed by atoms with Crippen molar-refractivity contribution in [1.82, 2.24) is 25.1 Å². The third-order valence-corrected chi connectivity index (χ3v) is 3.86. The molecule has 0 aromatic carbocycles. The minimum atomic E-state index is -0.545. The van der Waals surface area contributed by atoms with Crippen molar-refractivity contribution in [3.8, 4) is 10.7 Å². The fourth-order valence-electron chi connectivity index (χ4n) is 1.35. The van der Waals surface area contributed by atoms with Gasteiger partial charge in [0.25, 0.3) is 0 Å². The lowest BCUT2D eigenvalue weighted by Crippen LogP contribution is -1.92. The molecule has 0 radical (unpaired) electrons. The van der Waals surface area contributed by atoms with Gasteiger partial charge in [0.05, 0.1) is 9.80 Å². The molecular weight excluding hydrogens is 300 g/mol. The molecule has 0 aliphatic carbocycles. The van der Waals surface area contributed by atoms with E-state index in [1.165, 1.54) is 0 Å². The minimum Gasteiger partial charge on any atom is -0.258 e. The number of thiophene rings is 1. The summed E-state index contributed by atoms with van der Waals surface area (Å²) in [6.07, 6.45) is 2.31. The summed E-state index contributed by atoms with van der Waals surface area (Å²) in [6.45, 7) is 0. The Morgan fingerprint density at radius 1 is 1.30 bits per heavy atom. The van der Waals surface area contributed by atoms with Crippen molar-refractivity contribution >= 4 is 28.8 Å². The van der Waals surface area contributed by atoms with E-state index in [1.54, 1.807) is 11.3 Å². The number of aromatic nitrogens is 5. The summed E-state index contributed by atoms with van der Waals surface area (Å²) in [7, 11) is 0. The predicted octanol–water partition coefficient (Wildman–Crippen LogP) is 2.38. The first-order valence-electron chi connectivity index (χ1n) is 5.33. The summed E-state index contributed by atoms with van der Waals surface area (Å²) < 4.78 is 0. The lowest BCUT2D eigenvalue weighted by atomic mass is 10.4. The van der Waals surface area contributed by atoms with Gasteiger partial charge >= 0.3 is 5.69 Å². The highest BCUT2D eigenvalue weighted by atomic mass is 32.2. The lowest BCUT2D eigenvalue weighted by molar-refractivity contribution is -0.385. The third-order valence-electron chi connectivity index (χ3n) is 2.23. The van der Waals surface area contributed by atoms with Crippen molar-refractivity contribution in [1.29, 1.82) is 0 Å². The predicted molar refractivity (Wildman–Crippen MR) is 72.5 cm³/mol. The van der Waals surface area contributed by atoms with Crippen LogP contribution in [0.15, 0.2) is 40.2 Å². The highest BCUT2D eigenvalue weighted by molar-refractivity contribution is 7.99. The summed E-state index contributed by atoms with van der Waals surface area (Å²) in [4.78, 5) is 23.0. The fourth-order valence-corrected chi connectivity index (χ4v) is 2.62. The number of nitrogens with zero attached hydrogens (tertiary/aromatic N) is 5. The van der Waals surface area contributed by atoms with Gasteiger partial charge in [0.2, 0.25) is 5.16 Å². The Balaban J connectivity index is 1.76. The Labute approximate surface area is 120 Å². The molecule has 20 heavy (non-hydrogen) atoms. The van der Waals surface area contributed by atoms with Gasteiger partial charge < -0.3 is 0 Å². The minimum absolute atomic E-state index is 0.149. The van der Waals surface area contributed by atoms with Crippen molar-refractivity contribution in [3.63, 3.8) is 0 Å². The Bertz CT molecular complexity index is 725. The fraction of sp³-hybridized carbons (Fsp3) is 0. The number of H-pyrrole nitrogens is 1. The molecule has 1 N–H and O–H groups in total. The molecule has 100 valence electrons. The Hall–Kier alpha value is -2.33. The molecule has 0 saturated heterocycles. The van der Waals surface area contributed by atoms with E-state index in [-0.39, 0.29) is 5.69 Å². The van der Waals surface area contributed by atoms with Crippen molar-refractivity contribution < 1.29 is 4.92 Å². The zero-order valence-electron chi connectivity index (χ0n) is 9.76. The summed E-state index contributed by atoms with van der Waals surface area (Å²) in [5.41, 5.74) is -0.149. The van der Waals surface area contributed by atoms with E-state index >= 15 is 0 Å². The SMILES string of the molecule is O=[N+]([O-])c1cnc(Sc2n[nH]c(-c3cccs3)n2)nc1. The molecule has 3 rings (SSSR count). The van der Waals surface area contributed by atoms with Gasteiger partial charge in [-0.25, -0.2) is 15.0 Å². The lowest BCUT2D eigenvalue weighted by Gasteiger charge is -1.94. The van der Waals surface area contributed by atoms with Crippen molar-refractivity contribution in [2.75, 3.05) is 0 Å². The van der Waals surface area contributed by atoms with E-state index in [4.69, 9.17) is 0 Å². The quantitative estimate of drug-likeness (QED) is 0.447. The van der Waals surface area contributed by atoms with E-state index < -0.39 is 4.92 Å². The molecule has 0 amide bonds. The topological polar surface area (TPSA) is 110 Å². The van der Waals surface area contributed by atoms with Crippen molar-refractivity contribution in [2.24, 2.45) is 0 Å². The maximum atomic E-state index is 10.5. The molecule has 0 aliphatic heterocycles. The first-order valence-corrected chi connectivity index (χ1v) is 7.02. The van der Waals surface area contributed by atoms with E-state index in [0.29, 0.717) is 16.1 Å². The molecule has 0 spiro atoms. The van der Waals surface area contributed by atoms with Crippen LogP contribution in [0.3, 0.4) is 0 Å². The molecular formula is C10H6N6O2S2. The molecule has 0 unspecified atom stereocenters. The monoisotopic (exact) mass is 306 g/mol. The summed E-state index contributed by atoms with van der Waals surface area (Å²) in [6, 6.07) is 3.86. The third kappa shape index (κ3) is 2.65. The van der Waals surface area contributed by atoms with Crippen LogP contribution in [0.4, 0.5) is 5.69 Å². The van der Waals surface area contributed by atoms with E-state index in [1.807, 2.05) is 17.5 Å². The zero-order chi connectivity index (χ0) is 13.9. The standard InChI is InChI=1S/C10H6N6O2S2/c17-16(18)6-4-11-9(12-5-6)20-10-13-8(14-15-10)7-2-1-3-19-7/h1-5H,(H,13,14,15). The molecule has 0 fully saturated rings. The molecule has 8 nitrogen and oxygen atoms in total. The van der Waals surface area contributed by atoms with Crippen LogP contribution in [0.1, 0.15) is 0 Å². The van der Waals surface area contributed by atoms with Gasteiger partial charge in [0, 0.05) is 0 Å². The normalized spacial score (nSPS) is 10.6. The highest BCUT2D eigenvalue weighted by Gasteiger charge is 2.11.